The van der Waals surface area contributed by atoms with Crippen LogP contribution in [0.15, 0.2) is 10.5 Å². The van der Waals surface area contributed by atoms with E-state index in [1.54, 1.807) is 13.0 Å². The van der Waals surface area contributed by atoms with Crippen molar-refractivity contribution in [2.45, 2.75) is 39.3 Å². The highest BCUT2D eigenvalue weighted by molar-refractivity contribution is 5.86. The maximum Gasteiger partial charge on any atom is 0.372 e. The topological polar surface area (TPSA) is 96.8 Å². The predicted molar refractivity (Wildman–Crippen MR) is 72.2 cm³/mol. The van der Waals surface area contributed by atoms with Gasteiger partial charge in [0.05, 0.1) is 12.5 Å². The predicted octanol–water partition coefficient (Wildman–Crippen LogP) is 1.37. The van der Waals surface area contributed by atoms with Gasteiger partial charge in [-0.05, 0) is 32.8 Å². The SMILES string of the molecule is Cc1cc(CN2CC(C(N)=O)CCC2C)oc1C(=O)O. The number of furan rings is 1. The molecule has 1 saturated heterocycles. The lowest BCUT2D eigenvalue weighted by Crippen LogP contribution is -2.45. The summed E-state index contributed by atoms with van der Waals surface area (Å²) in [6.45, 7) is 4.89. The number of carbonyl (C=O) groups excluding carboxylic acids is 1. The first-order chi connectivity index (χ1) is 9.38. The van der Waals surface area contributed by atoms with Gasteiger partial charge in [-0.15, -0.1) is 0 Å². The highest BCUT2D eigenvalue weighted by atomic mass is 16.4. The zero-order valence-corrected chi connectivity index (χ0v) is 11.8. The first kappa shape index (κ1) is 14.6. The van der Waals surface area contributed by atoms with Crippen LogP contribution < -0.4 is 5.73 Å². The number of amides is 1. The van der Waals surface area contributed by atoms with E-state index < -0.39 is 5.97 Å². The molecule has 1 aromatic rings. The molecule has 1 fully saturated rings. The Morgan fingerprint density at radius 2 is 2.20 bits per heavy atom. The number of aromatic carboxylic acids is 1. The second-order valence-electron chi connectivity index (χ2n) is 5.49. The number of nitrogens with zero attached hydrogens (tertiary/aromatic N) is 1. The number of carbonyl (C=O) groups is 2. The Kier molecular flexibility index (Phi) is 4.13. The number of rotatable bonds is 4. The summed E-state index contributed by atoms with van der Waals surface area (Å²) in [5, 5.41) is 8.98. The van der Waals surface area contributed by atoms with Crippen LogP contribution in [0.5, 0.6) is 0 Å². The fraction of sp³-hybridized carbons (Fsp3) is 0.571. The highest BCUT2D eigenvalue weighted by Crippen LogP contribution is 2.25. The van der Waals surface area contributed by atoms with Crippen molar-refractivity contribution in [2.24, 2.45) is 11.7 Å². The average molecular weight is 280 g/mol. The molecular weight excluding hydrogens is 260 g/mol. The summed E-state index contributed by atoms with van der Waals surface area (Å²) in [7, 11) is 0. The smallest absolute Gasteiger partial charge is 0.372 e. The number of likely N-dealkylation sites (tertiary alicyclic amines) is 1. The van der Waals surface area contributed by atoms with Crippen molar-refractivity contribution in [3.05, 3.63) is 23.2 Å². The standard InChI is InChI=1S/C14H20N2O4/c1-8-5-11(20-12(8)14(18)19)7-16-6-10(13(15)17)4-3-9(16)2/h5,9-10H,3-4,6-7H2,1-2H3,(H2,15,17)(H,18,19). The van der Waals surface area contributed by atoms with Gasteiger partial charge in [0.1, 0.15) is 5.76 Å². The molecule has 6 heteroatoms. The molecule has 0 aliphatic carbocycles. The molecule has 1 amide bonds. The second kappa shape index (κ2) is 5.66. The number of aryl methyl sites for hydroxylation is 1. The molecule has 0 aromatic carbocycles. The Balaban J connectivity index is 2.09. The minimum Gasteiger partial charge on any atom is -0.475 e. The lowest BCUT2D eigenvalue weighted by molar-refractivity contribution is -0.124. The number of carboxylic acid groups (broad SMARTS) is 1. The van der Waals surface area contributed by atoms with E-state index in [9.17, 15) is 9.59 Å². The van der Waals surface area contributed by atoms with E-state index in [2.05, 4.69) is 11.8 Å². The van der Waals surface area contributed by atoms with E-state index in [-0.39, 0.29) is 17.6 Å². The van der Waals surface area contributed by atoms with E-state index in [1.165, 1.54) is 0 Å². The molecule has 0 spiro atoms. The van der Waals surface area contributed by atoms with Gasteiger partial charge in [-0.3, -0.25) is 9.69 Å². The Labute approximate surface area is 117 Å². The van der Waals surface area contributed by atoms with Crippen LogP contribution in [0.4, 0.5) is 0 Å². The molecule has 0 saturated carbocycles. The van der Waals surface area contributed by atoms with Crippen LogP contribution in [0.3, 0.4) is 0 Å². The van der Waals surface area contributed by atoms with Crippen molar-refractivity contribution < 1.29 is 19.1 Å². The largest absolute Gasteiger partial charge is 0.475 e. The minimum atomic E-state index is -1.06. The summed E-state index contributed by atoms with van der Waals surface area (Å²) >= 11 is 0. The van der Waals surface area contributed by atoms with E-state index in [0.717, 1.165) is 12.8 Å². The maximum atomic E-state index is 11.3. The molecule has 2 atom stereocenters. The van der Waals surface area contributed by atoms with E-state index in [1.807, 2.05) is 0 Å². The number of primary amides is 1. The van der Waals surface area contributed by atoms with Gasteiger partial charge in [0.2, 0.25) is 11.7 Å². The molecule has 3 N–H and O–H groups in total. The Morgan fingerprint density at radius 1 is 1.50 bits per heavy atom. The van der Waals surface area contributed by atoms with Crippen molar-refractivity contribution in [3.63, 3.8) is 0 Å². The number of nitrogens with two attached hydrogens (primary N) is 1. The summed E-state index contributed by atoms with van der Waals surface area (Å²) < 4.78 is 5.37. The van der Waals surface area contributed by atoms with Gasteiger partial charge in [0.15, 0.2) is 0 Å². The molecule has 110 valence electrons. The normalized spacial score (nSPS) is 23.7. The van der Waals surface area contributed by atoms with E-state index in [4.69, 9.17) is 15.3 Å². The van der Waals surface area contributed by atoms with E-state index in [0.29, 0.717) is 30.5 Å². The van der Waals surface area contributed by atoms with Crippen molar-refractivity contribution in [1.29, 1.82) is 0 Å². The van der Waals surface area contributed by atoms with Crippen LogP contribution in [0.2, 0.25) is 0 Å². The summed E-state index contributed by atoms with van der Waals surface area (Å²) in [6.07, 6.45) is 1.71. The fourth-order valence-electron chi connectivity index (χ4n) is 2.67. The third kappa shape index (κ3) is 3.01. The van der Waals surface area contributed by atoms with Gasteiger partial charge < -0.3 is 15.3 Å². The molecule has 0 radical (unpaired) electrons. The Hall–Kier alpha value is -1.82. The summed E-state index contributed by atoms with van der Waals surface area (Å²) in [5.41, 5.74) is 5.98. The third-order valence-electron chi connectivity index (χ3n) is 3.94. The minimum absolute atomic E-state index is 0.0175. The number of carboxylic acids is 1. The van der Waals surface area contributed by atoms with Crippen LogP contribution in [0.25, 0.3) is 0 Å². The quantitative estimate of drug-likeness (QED) is 0.868. The van der Waals surface area contributed by atoms with Crippen molar-refractivity contribution >= 4 is 11.9 Å². The number of hydrogen-bond donors (Lipinski definition) is 2. The first-order valence-corrected chi connectivity index (χ1v) is 6.74. The van der Waals surface area contributed by atoms with Gasteiger partial charge in [0.25, 0.3) is 0 Å². The lowest BCUT2D eigenvalue weighted by Gasteiger charge is -2.36. The molecule has 1 aromatic heterocycles. The zero-order valence-electron chi connectivity index (χ0n) is 11.8. The second-order valence-corrected chi connectivity index (χ2v) is 5.49. The van der Waals surface area contributed by atoms with Gasteiger partial charge in [-0.1, -0.05) is 0 Å². The zero-order chi connectivity index (χ0) is 14.9. The molecule has 2 unspecified atom stereocenters. The van der Waals surface area contributed by atoms with Crippen LogP contribution >= 0.6 is 0 Å². The molecule has 2 rings (SSSR count). The molecular formula is C14H20N2O4. The average Bonchev–Trinajstić information content (AvgIpc) is 2.73. The summed E-state index contributed by atoms with van der Waals surface area (Å²) in [4.78, 5) is 24.4. The summed E-state index contributed by atoms with van der Waals surface area (Å²) in [5.74, 6) is -0.881. The lowest BCUT2D eigenvalue weighted by atomic mass is 9.93. The molecule has 1 aliphatic heterocycles. The van der Waals surface area contributed by atoms with Crippen LogP contribution in [-0.4, -0.2) is 34.5 Å². The summed E-state index contributed by atoms with van der Waals surface area (Å²) in [6, 6.07) is 2.06. The molecule has 2 heterocycles. The van der Waals surface area contributed by atoms with Crippen LogP contribution in [0.1, 0.15) is 41.6 Å². The maximum absolute atomic E-state index is 11.3. The molecule has 6 nitrogen and oxygen atoms in total. The first-order valence-electron chi connectivity index (χ1n) is 6.74. The fourth-order valence-corrected chi connectivity index (χ4v) is 2.67. The third-order valence-corrected chi connectivity index (χ3v) is 3.94. The van der Waals surface area contributed by atoms with Gasteiger partial charge in [-0.2, -0.15) is 0 Å². The van der Waals surface area contributed by atoms with Gasteiger partial charge >= 0.3 is 5.97 Å². The highest BCUT2D eigenvalue weighted by Gasteiger charge is 2.29. The van der Waals surface area contributed by atoms with E-state index >= 15 is 0 Å². The monoisotopic (exact) mass is 280 g/mol. The van der Waals surface area contributed by atoms with Crippen molar-refractivity contribution in [3.8, 4) is 0 Å². The van der Waals surface area contributed by atoms with Crippen LogP contribution in [0, 0.1) is 12.8 Å². The van der Waals surface area contributed by atoms with Crippen molar-refractivity contribution in [1.82, 2.24) is 4.90 Å². The van der Waals surface area contributed by atoms with Gasteiger partial charge in [-0.25, -0.2) is 4.79 Å². The molecule has 20 heavy (non-hydrogen) atoms. The molecule has 1 aliphatic rings. The number of hydrogen-bond acceptors (Lipinski definition) is 4. The van der Waals surface area contributed by atoms with Crippen molar-refractivity contribution in [2.75, 3.05) is 6.54 Å². The Bertz CT molecular complexity index is 523. The van der Waals surface area contributed by atoms with Gasteiger partial charge in [0, 0.05) is 18.2 Å². The number of piperidine rings is 1. The Morgan fingerprint density at radius 3 is 2.75 bits per heavy atom. The molecule has 0 bridgehead atoms. The van der Waals surface area contributed by atoms with Crippen LogP contribution in [-0.2, 0) is 11.3 Å².